The van der Waals surface area contributed by atoms with E-state index in [4.69, 9.17) is 10.8 Å². The minimum absolute atomic E-state index is 0.0842. The fraction of sp³-hybridized carbons (Fsp3) is 0.200. The molecule has 2 nitrogen and oxygen atoms in total. The van der Waals surface area contributed by atoms with Crippen LogP contribution < -0.4 is 5.73 Å². The molecule has 0 saturated heterocycles. The van der Waals surface area contributed by atoms with E-state index in [1.165, 1.54) is 12.1 Å². The highest BCUT2D eigenvalue weighted by Crippen LogP contribution is 2.22. The molecule has 0 aromatic heterocycles. The van der Waals surface area contributed by atoms with Gasteiger partial charge in [-0.1, -0.05) is 36.4 Å². The smallest absolute Gasteiger partial charge is 0.123 e. The summed E-state index contributed by atoms with van der Waals surface area (Å²) in [5.41, 5.74) is 8.89. The number of aliphatic hydroxyl groups is 1. The maximum atomic E-state index is 12.8. The van der Waals surface area contributed by atoms with Crippen LogP contribution >= 0.6 is 0 Å². The number of hydrogen-bond acceptors (Lipinski definition) is 2. The summed E-state index contributed by atoms with van der Waals surface area (Å²) in [6.07, 6.45) is 0.551. The molecule has 2 aromatic carbocycles. The minimum Gasteiger partial charge on any atom is -0.396 e. The lowest BCUT2D eigenvalue weighted by Gasteiger charge is -2.11. The molecule has 3 heteroatoms. The zero-order valence-corrected chi connectivity index (χ0v) is 10.0. The topological polar surface area (TPSA) is 46.2 Å². The lowest BCUT2D eigenvalue weighted by molar-refractivity contribution is 0.276. The van der Waals surface area contributed by atoms with Gasteiger partial charge in [0.15, 0.2) is 0 Å². The average molecular weight is 245 g/mol. The van der Waals surface area contributed by atoms with E-state index < -0.39 is 0 Å². The van der Waals surface area contributed by atoms with E-state index in [1.807, 2.05) is 24.3 Å². The molecule has 0 fully saturated rings. The first-order valence-electron chi connectivity index (χ1n) is 5.93. The number of benzene rings is 2. The Morgan fingerprint density at radius 1 is 0.944 bits per heavy atom. The molecular formula is C15H16FNO. The molecule has 0 bridgehead atoms. The van der Waals surface area contributed by atoms with Gasteiger partial charge >= 0.3 is 0 Å². The fourth-order valence-electron chi connectivity index (χ4n) is 1.87. The lowest BCUT2D eigenvalue weighted by atomic mass is 10.00. The number of aliphatic hydroxyl groups excluding tert-OH is 1. The van der Waals surface area contributed by atoms with Gasteiger partial charge in [-0.15, -0.1) is 0 Å². The zero-order chi connectivity index (χ0) is 13.0. The van der Waals surface area contributed by atoms with Crippen molar-refractivity contribution >= 4 is 0 Å². The zero-order valence-electron chi connectivity index (χ0n) is 10.0. The average Bonchev–Trinajstić information content (AvgIpc) is 2.40. The van der Waals surface area contributed by atoms with Gasteiger partial charge in [0.1, 0.15) is 5.82 Å². The van der Waals surface area contributed by atoms with Crippen molar-refractivity contribution < 1.29 is 9.50 Å². The van der Waals surface area contributed by atoms with Crippen LogP contribution in [0.25, 0.3) is 11.1 Å². The first-order chi connectivity index (χ1) is 8.70. The molecule has 3 N–H and O–H groups in total. The monoisotopic (exact) mass is 245 g/mol. The third-order valence-corrected chi connectivity index (χ3v) is 2.96. The molecule has 0 saturated carbocycles. The van der Waals surface area contributed by atoms with E-state index >= 15 is 0 Å². The quantitative estimate of drug-likeness (QED) is 0.870. The molecule has 0 radical (unpaired) electrons. The van der Waals surface area contributed by atoms with Crippen LogP contribution in [0, 0.1) is 5.82 Å². The number of nitrogens with two attached hydrogens (primary N) is 1. The summed E-state index contributed by atoms with van der Waals surface area (Å²) in [7, 11) is 0. The molecule has 0 aliphatic rings. The lowest BCUT2D eigenvalue weighted by Crippen LogP contribution is -2.11. The van der Waals surface area contributed by atoms with Gasteiger partial charge in [0.05, 0.1) is 0 Å². The first-order valence-corrected chi connectivity index (χ1v) is 5.93. The van der Waals surface area contributed by atoms with Gasteiger partial charge in [0.2, 0.25) is 0 Å². The van der Waals surface area contributed by atoms with Gasteiger partial charge in [-0.2, -0.15) is 0 Å². The van der Waals surface area contributed by atoms with Crippen LogP contribution in [0.4, 0.5) is 4.39 Å². The second-order valence-corrected chi connectivity index (χ2v) is 4.25. The second-order valence-electron chi connectivity index (χ2n) is 4.25. The van der Waals surface area contributed by atoms with Gasteiger partial charge in [-0.3, -0.25) is 0 Å². The van der Waals surface area contributed by atoms with Crippen LogP contribution in [0.5, 0.6) is 0 Å². The Morgan fingerprint density at radius 3 is 1.94 bits per heavy atom. The fourth-order valence-corrected chi connectivity index (χ4v) is 1.87. The Kier molecular flexibility index (Phi) is 4.07. The third kappa shape index (κ3) is 2.94. The maximum absolute atomic E-state index is 12.8. The molecule has 0 aliphatic carbocycles. The van der Waals surface area contributed by atoms with E-state index in [2.05, 4.69) is 0 Å². The van der Waals surface area contributed by atoms with Crippen LogP contribution in [0.2, 0.25) is 0 Å². The van der Waals surface area contributed by atoms with E-state index in [0.29, 0.717) is 6.42 Å². The SMILES string of the molecule is NC(CCO)c1ccc(-c2ccc(F)cc2)cc1. The number of hydrogen-bond donors (Lipinski definition) is 2. The highest BCUT2D eigenvalue weighted by atomic mass is 19.1. The van der Waals surface area contributed by atoms with Gasteiger partial charge in [0, 0.05) is 12.6 Å². The Hall–Kier alpha value is -1.71. The number of halogens is 1. The maximum Gasteiger partial charge on any atom is 0.123 e. The van der Waals surface area contributed by atoms with Crippen molar-refractivity contribution in [2.24, 2.45) is 5.73 Å². The van der Waals surface area contributed by atoms with Crippen LogP contribution in [-0.4, -0.2) is 11.7 Å². The molecule has 0 spiro atoms. The Labute approximate surface area is 106 Å². The van der Waals surface area contributed by atoms with Crippen LogP contribution in [-0.2, 0) is 0 Å². The highest BCUT2D eigenvalue weighted by molar-refractivity contribution is 5.63. The summed E-state index contributed by atoms with van der Waals surface area (Å²) < 4.78 is 12.8. The minimum atomic E-state index is -0.236. The molecule has 0 amide bonds. The highest BCUT2D eigenvalue weighted by Gasteiger charge is 2.05. The van der Waals surface area contributed by atoms with Crippen molar-refractivity contribution in [1.29, 1.82) is 0 Å². The largest absolute Gasteiger partial charge is 0.396 e. The summed E-state index contributed by atoms with van der Waals surface area (Å²) in [5, 5.41) is 8.84. The molecular weight excluding hydrogens is 229 g/mol. The first kappa shape index (κ1) is 12.7. The predicted molar refractivity (Wildman–Crippen MR) is 70.5 cm³/mol. The Morgan fingerprint density at radius 2 is 1.44 bits per heavy atom. The summed E-state index contributed by atoms with van der Waals surface area (Å²) >= 11 is 0. The number of rotatable bonds is 4. The van der Waals surface area contributed by atoms with E-state index in [1.54, 1.807) is 12.1 Å². The van der Waals surface area contributed by atoms with Crippen molar-refractivity contribution in [3.05, 3.63) is 59.9 Å². The Bertz CT molecular complexity index is 493. The molecule has 0 aliphatic heterocycles. The van der Waals surface area contributed by atoms with Crippen molar-refractivity contribution in [1.82, 2.24) is 0 Å². The predicted octanol–water partition coefficient (Wildman–Crippen LogP) is 2.87. The molecule has 0 heterocycles. The summed E-state index contributed by atoms with van der Waals surface area (Å²) in [6, 6.07) is 14.0. The van der Waals surface area contributed by atoms with Crippen molar-refractivity contribution in [2.75, 3.05) is 6.61 Å². The van der Waals surface area contributed by atoms with Crippen LogP contribution in [0.15, 0.2) is 48.5 Å². The summed E-state index contributed by atoms with van der Waals surface area (Å²) in [4.78, 5) is 0. The van der Waals surface area contributed by atoms with Crippen LogP contribution in [0.3, 0.4) is 0 Å². The van der Waals surface area contributed by atoms with E-state index in [0.717, 1.165) is 16.7 Å². The Balaban J connectivity index is 2.19. The second kappa shape index (κ2) is 5.76. The normalized spacial score (nSPS) is 12.4. The van der Waals surface area contributed by atoms with E-state index in [-0.39, 0.29) is 18.5 Å². The molecule has 2 aromatic rings. The van der Waals surface area contributed by atoms with Crippen molar-refractivity contribution in [3.63, 3.8) is 0 Å². The van der Waals surface area contributed by atoms with Gasteiger partial charge in [0.25, 0.3) is 0 Å². The van der Waals surface area contributed by atoms with Gasteiger partial charge in [-0.25, -0.2) is 4.39 Å². The molecule has 1 atom stereocenters. The molecule has 94 valence electrons. The van der Waals surface area contributed by atoms with Crippen molar-refractivity contribution in [3.8, 4) is 11.1 Å². The van der Waals surface area contributed by atoms with E-state index in [9.17, 15) is 4.39 Å². The molecule has 2 rings (SSSR count). The van der Waals surface area contributed by atoms with Crippen LogP contribution in [0.1, 0.15) is 18.0 Å². The van der Waals surface area contributed by atoms with Crippen molar-refractivity contribution in [2.45, 2.75) is 12.5 Å². The third-order valence-electron chi connectivity index (χ3n) is 2.96. The van der Waals surface area contributed by atoms with Gasteiger partial charge < -0.3 is 10.8 Å². The standard InChI is InChI=1S/C15H16FNO/c16-14-7-5-12(6-8-14)11-1-3-13(4-2-11)15(17)9-10-18/h1-8,15,18H,9-10,17H2. The molecule has 1 unspecified atom stereocenters. The van der Waals surface area contributed by atoms with Gasteiger partial charge in [-0.05, 0) is 35.2 Å². The summed E-state index contributed by atoms with van der Waals surface area (Å²) in [6.45, 7) is 0.0842. The summed E-state index contributed by atoms with van der Waals surface area (Å²) in [5.74, 6) is -0.236. The molecule has 18 heavy (non-hydrogen) atoms.